The van der Waals surface area contributed by atoms with Gasteiger partial charge in [-0.2, -0.15) is 0 Å². The number of halogens is 3. The second kappa shape index (κ2) is 4.75. The molecule has 0 bridgehead atoms. The van der Waals surface area contributed by atoms with E-state index in [1.54, 1.807) is 0 Å². The summed E-state index contributed by atoms with van der Waals surface area (Å²) in [4.78, 5) is 2.90. The SMILES string of the molecule is COc1ncc(S(N)(=O)=O)c(C(F)F)c1I. The fourth-order valence-electron chi connectivity index (χ4n) is 1.04. The molecule has 0 spiro atoms. The molecule has 0 aliphatic heterocycles. The summed E-state index contributed by atoms with van der Waals surface area (Å²) in [5.41, 5.74) is -0.685. The molecule has 0 fully saturated rings. The maximum Gasteiger partial charge on any atom is 0.266 e. The van der Waals surface area contributed by atoms with Crippen molar-refractivity contribution in [2.24, 2.45) is 5.14 Å². The average molecular weight is 364 g/mol. The van der Waals surface area contributed by atoms with Crippen LogP contribution in [0.2, 0.25) is 0 Å². The molecule has 0 aromatic carbocycles. The van der Waals surface area contributed by atoms with Crippen LogP contribution in [0.5, 0.6) is 5.88 Å². The molecule has 0 unspecified atom stereocenters. The Hall–Kier alpha value is -0.550. The quantitative estimate of drug-likeness (QED) is 0.820. The molecule has 1 aromatic heterocycles. The molecule has 90 valence electrons. The Bertz CT molecular complexity index is 507. The Morgan fingerprint density at radius 2 is 2.12 bits per heavy atom. The van der Waals surface area contributed by atoms with Crippen molar-refractivity contribution in [3.63, 3.8) is 0 Å². The number of aromatic nitrogens is 1. The minimum atomic E-state index is -4.23. The molecular weight excluding hydrogens is 357 g/mol. The first-order valence-corrected chi connectivity index (χ1v) is 6.45. The number of pyridine rings is 1. The third kappa shape index (κ3) is 2.58. The van der Waals surface area contributed by atoms with Crippen molar-refractivity contribution in [3.05, 3.63) is 15.3 Å². The van der Waals surface area contributed by atoms with Crippen LogP contribution in [0, 0.1) is 3.57 Å². The zero-order valence-electron chi connectivity index (χ0n) is 7.95. The van der Waals surface area contributed by atoms with E-state index < -0.39 is 26.9 Å². The van der Waals surface area contributed by atoms with Crippen molar-refractivity contribution in [3.8, 4) is 5.88 Å². The Balaban J connectivity index is 3.60. The number of hydrogen-bond donors (Lipinski definition) is 1. The molecule has 2 N–H and O–H groups in total. The van der Waals surface area contributed by atoms with Crippen molar-refractivity contribution < 1.29 is 21.9 Å². The van der Waals surface area contributed by atoms with Gasteiger partial charge in [0, 0.05) is 0 Å². The van der Waals surface area contributed by atoms with Crippen LogP contribution in [-0.2, 0) is 10.0 Å². The molecule has 9 heteroatoms. The molecule has 0 saturated heterocycles. The Labute approximate surface area is 104 Å². The van der Waals surface area contributed by atoms with Gasteiger partial charge in [0.2, 0.25) is 15.9 Å². The fraction of sp³-hybridized carbons (Fsp3) is 0.286. The lowest BCUT2D eigenvalue weighted by atomic mass is 10.3. The van der Waals surface area contributed by atoms with Gasteiger partial charge in [0.1, 0.15) is 4.90 Å². The van der Waals surface area contributed by atoms with Gasteiger partial charge in [-0.15, -0.1) is 0 Å². The standard InChI is InChI=1S/C7H7F2IN2O3S/c1-15-7-5(10)4(6(8)9)3(2-12-7)16(11,13)14/h2,6H,1H3,(H2,11,13,14). The zero-order chi connectivity index (χ0) is 12.5. The smallest absolute Gasteiger partial charge is 0.266 e. The maximum absolute atomic E-state index is 12.7. The Morgan fingerprint density at radius 1 is 1.56 bits per heavy atom. The first kappa shape index (κ1) is 13.5. The molecule has 0 amide bonds. The van der Waals surface area contributed by atoms with Gasteiger partial charge in [-0.25, -0.2) is 27.3 Å². The highest BCUT2D eigenvalue weighted by atomic mass is 127. The molecule has 5 nitrogen and oxygen atoms in total. The van der Waals surface area contributed by atoms with E-state index in [-0.39, 0.29) is 9.45 Å². The average Bonchev–Trinajstić information content (AvgIpc) is 2.15. The third-order valence-corrected chi connectivity index (χ3v) is 3.69. The van der Waals surface area contributed by atoms with E-state index >= 15 is 0 Å². The van der Waals surface area contributed by atoms with E-state index in [1.165, 1.54) is 29.7 Å². The number of alkyl halides is 2. The highest BCUT2D eigenvalue weighted by Crippen LogP contribution is 2.33. The van der Waals surface area contributed by atoms with E-state index in [0.717, 1.165) is 6.20 Å². The number of hydrogen-bond acceptors (Lipinski definition) is 4. The van der Waals surface area contributed by atoms with Crippen LogP contribution in [0.1, 0.15) is 12.0 Å². The largest absolute Gasteiger partial charge is 0.480 e. The van der Waals surface area contributed by atoms with Crippen LogP contribution < -0.4 is 9.88 Å². The minimum Gasteiger partial charge on any atom is -0.480 e. The van der Waals surface area contributed by atoms with Gasteiger partial charge >= 0.3 is 0 Å². The number of ether oxygens (including phenoxy) is 1. The molecule has 0 aliphatic rings. The van der Waals surface area contributed by atoms with E-state index in [0.29, 0.717) is 0 Å². The van der Waals surface area contributed by atoms with Gasteiger partial charge in [-0.05, 0) is 22.6 Å². The minimum absolute atomic E-state index is 0.0664. The summed E-state index contributed by atoms with van der Waals surface area (Å²) in [6.45, 7) is 0. The van der Waals surface area contributed by atoms with Crippen LogP contribution >= 0.6 is 22.6 Å². The number of rotatable bonds is 3. The molecule has 0 saturated carbocycles. The monoisotopic (exact) mass is 364 g/mol. The van der Waals surface area contributed by atoms with Crippen molar-refractivity contribution in [1.82, 2.24) is 4.98 Å². The zero-order valence-corrected chi connectivity index (χ0v) is 10.9. The molecule has 16 heavy (non-hydrogen) atoms. The normalized spacial score (nSPS) is 11.9. The van der Waals surface area contributed by atoms with Crippen LogP contribution in [0.4, 0.5) is 8.78 Å². The predicted molar refractivity (Wildman–Crippen MR) is 59.8 cm³/mol. The number of nitrogens with zero attached hydrogens (tertiary/aromatic N) is 1. The first-order valence-electron chi connectivity index (χ1n) is 3.82. The second-order valence-electron chi connectivity index (χ2n) is 2.71. The summed E-state index contributed by atoms with van der Waals surface area (Å²) in [6, 6.07) is 0. The van der Waals surface area contributed by atoms with Gasteiger partial charge in [0.05, 0.1) is 22.4 Å². The van der Waals surface area contributed by atoms with Crippen molar-refractivity contribution >= 4 is 32.6 Å². The van der Waals surface area contributed by atoms with Gasteiger partial charge in [-0.1, -0.05) is 0 Å². The van der Waals surface area contributed by atoms with Gasteiger partial charge < -0.3 is 4.74 Å². The van der Waals surface area contributed by atoms with E-state index in [1.807, 2.05) is 0 Å². The second-order valence-corrected chi connectivity index (χ2v) is 5.31. The molecule has 1 aromatic rings. The molecule has 0 radical (unpaired) electrons. The number of sulfonamides is 1. The molecule has 1 heterocycles. The number of nitrogens with two attached hydrogens (primary N) is 1. The third-order valence-electron chi connectivity index (χ3n) is 1.71. The van der Waals surface area contributed by atoms with Crippen molar-refractivity contribution in [2.45, 2.75) is 11.3 Å². The molecule has 0 atom stereocenters. The van der Waals surface area contributed by atoms with E-state index in [9.17, 15) is 17.2 Å². The summed E-state index contributed by atoms with van der Waals surface area (Å²) in [5, 5.41) is 4.81. The van der Waals surface area contributed by atoms with Gasteiger partial charge in [0.25, 0.3) is 6.43 Å². The lowest BCUT2D eigenvalue weighted by molar-refractivity contribution is 0.146. The molecule has 0 aliphatic carbocycles. The Morgan fingerprint density at radius 3 is 2.50 bits per heavy atom. The lowest BCUT2D eigenvalue weighted by Gasteiger charge is -2.11. The maximum atomic E-state index is 12.7. The summed E-state index contributed by atoms with van der Waals surface area (Å²) >= 11 is 1.53. The van der Waals surface area contributed by atoms with Crippen molar-refractivity contribution in [1.29, 1.82) is 0 Å². The highest BCUT2D eigenvalue weighted by Gasteiger charge is 2.26. The summed E-state index contributed by atoms with van der Waals surface area (Å²) < 4.78 is 52.2. The predicted octanol–water partition coefficient (Wildman–Crippen LogP) is 1.28. The topological polar surface area (TPSA) is 82.3 Å². The van der Waals surface area contributed by atoms with Crippen LogP contribution in [0.25, 0.3) is 0 Å². The van der Waals surface area contributed by atoms with Gasteiger partial charge in [-0.3, -0.25) is 0 Å². The number of primary sulfonamides is 1. The van der Waals surface area contributed by atoms with Gasteiger partial charge in [0.15, 0.2) is 0 Å². The van der Waals surface area contributed by atoms with Crippen molar-refractivity contribution in [2.75, 3.05) is 7.11 Å². The molecule has 1 rings (SSSR count). The highest BCUT2D eigenvalue weighted by molar-refractivity contribution is 14.1. The summed E-state index contributed by atoms with van der Waals surface area (Å²) in [7, 11) is -2.98. The summed E-state index contributed by atoms with van der Waals surface area (Å²) in [5.74, 6) is -0.0664. The summed E-state index contributed by atoms with van der Waals surface area (Å²) in [6.07, 6.45) is -2.21. The number of methoxy groups -OCH3 is 1. The van der Waals surface area contributed by atoms with Crippen LogP contribution in [0.15, 0.2) is 11.1 Å². The van der Waals surface area contributed by atoms with Crippen LogP contribution in [-0.4, -0.2) is 20.5 Å². The first-order chi connectivity index (χ1) is 7.29. The fourth-order valence-corrected chi connectivity index (χ4v) is 2.80. The molecular formula is C7H7F2IN2O3S. The van der Waals surface area contributed by atoms with E-state index in [2.05, 4.69) is 4.98 Å². The lowest BCUT2D eigenvalue weighted by Crippen LogP contribution is -2.16. The van der Waals surface area contributed by atoms with E-state index in [4.69, 9.17) is 9.88 Å². The van der Waals surface area contributed by atoms with Crippen LogP contribution in [0.3, 0.4) is 0 Å². The Kier molecular flexibility index (Phi) is 4.02.